The number of fused-ring (bicyclic) bond motifs is 4. The first-order chi connectivity index (χ1) is 13.7. The molecule has 154 valence electrons. The molecule has 29 heavy (non-hydrogen) atoms. The molecule has 8 heteroatoms. The summed E-state index contributed by atoms with van der Waals surface area (Å²) in [6.45, 7) is 4.27. The van der Waals surface area contributed by atoms with Gasteiger partial charge >= 0.3 is 11.9 Å². The standard InChI is InChI=1S/C21H25N3O5/c1-21(2)23-11-15-13(12-6-3-4-7-14(12)22-15)10-17(23)19(27)24(21)16(20(28)29)8-5-9-18(25)26/h3-4,6-7,16-17,22H,5,8-11H2,1-2H3,(H,25,26)(H,28,29)/t16-,17-/m0/s1. The van der Waals surface area contributed by atoms with Crippen LogP contribution in [0.2, 0.25) is 0 Å². The Hall–Kier alpha value is -2.87. The van der Waals surface area contributed by atoms with E-state index in [-0.39, 0.29) is 25.2 Å². The van der Waals surface area contributed by atoms with Crippen molar-refractivity contribution in [1.29, 1.82) is 0 Å². The Kier molecular flexibility index (Phi) is 4.61. The summed E-state index contributed by atoms with van der Waals surface area (Å²) in [6.07, 6.45) is 0.738. The van der Waals surface area contributed by atoms with Gasteiger partial charge in [0.25, 0.3) is 0 Å². The molecular formula is C21H25N3O5. The van der Waals surface area contributed by atoms with Gasteiger partial charge in [-0.25, -0.2) is 4.79 Å². The smallest absolute Gasteiger partial charge is 0.326 e. The van der Waals surface area contributed by atoms with Gasteiger partial charge in [0.1, 0.15) is 6.04 Å². The number of rotatable bonds is 6. The molecule has 1 saturated heterocycles. The lowest BCUT2D eigenvalue weighted by molar-refractivity contribution is -0.153. The van der Waals surface area contributed by atoms with Crippen LogP contribution in [0.3, 0.4) is 0 Å². The van der Waals surface area contributed by atoms with Gasteiger partial charge in [0.15, 0.2) is 0 Å². The summed E-state index contributed by atoms with van der Waals surface area (Å²) in [5.41, 5.74) is 2.43. The largest absolute Gasteiger partial charge is 0.481 e. The molecule has 2 aliphatic heterocycles. The molecule has 0 radical (unpaired) electrons. The Bertz CT molecular complexity index is 995. The van der Waals surface area contributed by atoms with Crippen molar-refractivity contribution in [3.05, 3.63) is 35.5 Å². The summed E-state index contributed by atoms with van der Waals surface area (Å²) in [5.74, 6) is -2.27. The lowest BCUT2D eigenvalue weighted by Gasteiger charge is -2.42. The molecule has 4 rings (SSSR count). The summed E-state index contributed by atoms with van der Waals surface area (Å²) in [4.78, 5) is 43.1. The second-order valence-electron chi connectivity index (χ2n) is 8.32. The zero-order valence-electron chi connectivity index (χ0n) is 16.5. The zero-order chi connectivity index (χ0) is 20.9. The van der Waals surface area contributed by atoms with E-state index in [2.05, 4.69) is 9.88 Å². The highest BCUT2D eigenvalue weighted by Gasteiger charge is 2.56. The number of benzene rings is 1. The molecule has 2 aliphatic rings. The quantitative estimate of drug-likeness (QED) is 0.686. The minimum absolute atomic E-state index is 0.115. The molecule has 2 aromatic rings. The highest BCUT2D eigenvalue weighted by atomic mass is 16.4. The predicted octanol–water partition coefficient (Wildman–Crippen LogP) is 2.18. The van der Waals surface area contributed by atoms with Gasteiger partial charge in [-0.3, -0.25) is 14.5 Å². The lowest BCUT2D eigenvalue weighted by Crippen LogP contribution is -2.56. The molecule has 0 aliphatic carbocycles. The summed E-state index contributed by atoms with van der Waals surface area (Å²) < 4.78 is 0. The molecule has 3 heterocycles. The fraction of sp³-hybridized carbons (Fsp3) is 0.476. The number of nitrogens with zero attached hydrogens (tertiary/aromatic N) is 2. The second-order valence-corrected chi connectivity index (χ2v) is 8.32. The number of aromatic amines is 1. The molecular weight excluding hydrogens is 374 g/mol. The van der Waals surface area contributed by atoms with Gasteiger partial charge < -0.3 is 20.1 Å². The van der Waals surface area contributed by atoms with E-state index in [4.69, 9.17) is 5.11 Å². The number of carboxylic acids is 2. The second kappa shape index (κ2) is 6.88. The van der Waals surface area contributed by atoms with E-state index >= 15 is 0 Å². The molecule has 3 N–H and O–H groups in total. The molecule has 2 atom stereocenters. The number of amides is 1. The summed E-state index contributed by atoms with van der Waals surface area (Å²) in [6, 6.07) is 6.53. The number of carbonyl (C=O) groups excluding carboxylic acids is 1. The lowest BCUT2D eigenvalue weighted by atomic mass is 9.96. The summed E-state index contributed by atoms with van der Waals surface area (Å²) in [5, 5.41) is 19.8. The number of aliphatic carboxylic acids is 2. The number of para-hydroxylation sites is 1. The van der Waals surface area contributed by atoms with Gasteiger partial charge in [-0.2, -0.15) is 0 Å². The molecule has 0 spiro atoms. The van der Waals surface area contributed by atoms with E-state index in [1.54, 1.807) is 0 Å². The van der Waals surface area contributed by atoms with Crippen LogP contribution in [0.1, 0.15) is 44.4 Å². The number of H-pyrrole nitrogens is 1. The number of hydrogen-bond acceptors (Lipinski definition) is 4. The van der Waals surface area contributed by atoms with Crippen LogP contribution in [0.15, 0.2) is 24.3 Å². The van der Waals surface area contributed by atoms with E-state index in [0.717, 1.165) is 22.2 Å². The van der Waals surface area contributed by atoms with Crippen molar-refractivity contribution in [3.63, 3.8) is 0 Å². The summed E-state index contributed by atoms with van der Waals surface area (Å²) >= 11 is 0. The average molecular weight is 399 g/mol. The Morgan fingerprint density at radius 3 is 2.69 bits per heavy atom. The van der Waals surface area contributed by atoms with Crippen molar-refractivity contribution in [2.24, 2.45) is 0 Å². The van der Waals surface area contributed by atoms with Crippen LogP contribution in [-0.4, -0.2) is 60.6 Å². The first kappa shape index (κ1) is 19.4. The van der Waals surface area contributed by atoms with Crippen molar-refractivity contribution >= 4 is 28.7 Å². The molecule has 8 nitrogen and oxygen atoms in total. The molecule has 0 saturated carbocycles. The Labute approximate surface area is 168 Å². The number of carboxylic acid groups (broad SMARTS) is 2. The Morgan fingerprint density at radius 1 is 1.28 bits per heavy atom. The third kappa shape index (κ3) is 3.07. The molecule has 0 bridgehead atoms. The maximum absolute atomic E-state index is 13.4. The normalized spacial score (nSPS) is 21.8. The highest BCUT2D eigenvalue weighted by molar-refractivity contribution is 5.92. The van der Waals surface area contributed by atoms with Crippen molar-refractivity contribution in [3.8, 4) is 0 Å². The van der Waals surface area contributed by atoms with Gasteiger partial charge in [0.2, 0.25) is 5.91 Å². The first-order valence-corrected chi connectivity index (χ1v) is 9.84. The predicted molar refractivity (Wildman–Crippen MR) is 105 cm³/mol. The van der Waals surface area contributed by atoms with Gasteiger partial charge in [0.05, 0.1) is 11.7 Å². The van der Waals surface area contributed by atoms with Crippen LogP contribution < -0.4 is 0 Å². The van der Waals surface area contributed by atoms with Crippen molar-refractivity contribution < 1.29 is 24.6 Å². The molecule has 0 unspecified atom stereocenters. The number of carbonyl (C=O) groups is 3. The molecule has 1 aromatic heterocycles. The van der Waals surface area contributed by atoms with E-state index in [1.165, 1.54) is 4.90 Å². The van der Waals surface area contributed by atoms with E-state index in [1.807, 2.05) is 38.1 Å². The van der Waals surface area contributed by atoms with E-state index < -0.39 is 29.7 Å². The average Bonchev–Trinajstić information content (AvgIpc) is 3.11. The third-order valence-corrected chi connectivity index (χ3v) is 6.28. The first-order valence-electron chi connectivity index (χ1n) is 9.84. The van der Waals surface area contributed by atoms with Crippen LogP contribution in [0, 0.1) is 0 Å². The van der Waals surface area contributed by atoms with E-state index in [0.29, 0.717) is 13.0 Å². The van der Waals surface area contributed by atoms with E-state index in [9.17, 15) is 19.5 Å². The zero-order valence-corrected chi connectivity index (χ0v) is 16.5. The Morgan fingerprint density at radius 2 is 2.00 bits per heavy atom. The van der Waals surface area contributed by atoms with Gasteiger partial charge in [-0.05, 0) is 44.7 Å². The Balaban J connectivity index is 1.65. The molecule has 1 amide bonds. The number of aromatic nitrogens is 1. The maximum Gasteiger partial charge on any atom is 0.326 e. The topological polar surface area (TPSA) is 114 Å². The minimum atomic E-state index is -1.10. The minimum Gasteiger partial charge on any atom is -0.481 e. The van der Waals surface area contributed by atoms with Crippen LogP contribution in [0.25, 0.3) is 10.9 Å². The van der Waals surface area contributed by atoms with Gasteiger partial charge in [0, 0.05) is 29.6 Å². The molecule has 1 aromatic carbocycles. The van der Waals surface area contributed by atoms with Crippen LogP contribution in [-0.2, 0) is 27.3 Å². The number of nitrogens with one attached hydrogen (secondary N) is 1. The fourth-order valence-corrected chi connectivity index (χ4v) is 4.92. The van der Waals surface area contributed by atoms with Gasteiger partial charge in [-0.1, -0.05) is 18.2 Å². The SMILES string of the molecule is CC1(C)N2Cc3[nH]c4ccccc4c3C[C@H]2C(=O)N1[C@@H](CCCC(=O)O)C(=O)O. The van der Waals surface area contributed by atoms with Crippen molar-refractivity contribution in [1.82, 2.24) is 14.8 Å². The molecule has 1 fully saturated rings. The fourth-order valence-electron chi connectivity index (χ4n) is 4.92. The van der Waals surface area contributed by atoms with Crippen LogP contribution in [0.4, 0.5) is 0 Å². The maximum atomic E-state index is 13.4. The van der Waals surface area contributed by atoms with Crippen molar-refractivity contribution in [2.45, 2.75) is 63.8 Å². The van der Waals surface area contributed by atoms with Gasteiger partial charge in [-0.15, -0.1) is 0 Å². The van der Waals surface area contributed by atoms with Crippen molar-refractivity contribution in [2.75, 3.05) is 0 Å². The third-order valence-electron chi connectivity index (χ3n) is 6.28. The summed E-state index contributed by atoms with van der Waals surface area (Å²) in [7, 11) is 0. The monoisotopic (exact) mass is 399 g/mol. The highest BCUT2D eigenvalue weighted by Crippen LogP contribution is 2.42. The van der Waals surface area contributed by atoms with Crippen LogP contribution in [0.5, 0.6) is 0 Å². The van der Waals surface area contributed by atoms with Crippen LogP contribution >= 0.6 is 0 Å². The number of hydrogen-bond donors (Lipinski definition) is 3.